The Morgan fingerprint density at radius 3 is 1.08 bits per heavy atom. The maximum atomic E-state index is 14.6. The van der Waals surface area contributed by atoms with Crippen molar-refractivity contribution in [2.24, 2.45) is 20.9 Å². The Kier molecular flexibility index (Phi) is 31.8. The van der Waals surface area contributed by atoms with Crippen LogP contribution < -0.4 is 16.0 Å². The van der Waals surface area contributed by atoms with Crippen LogP contribution in [0, 0.1) is 30.8 Å². The number of amidine groups is 3. The van der Waals surface area contributed by atoms with E-state index >= 15 is 0 Å². The lowest BCUT2D eigenvalue weighted by Crippen LogP contribution is -2.62. The number of allylic oxidation sites excluding steroid dienone is 1. The topological polar surface area (TPSA) is 380 Å². The molecule has 12 heterocycles. The second kappa shape index (κ2) is 41.3. The molecule has 6 saturated heterocycles. The lowest BCUT2D eigenvalue weighted by molar-refractivity contribution is -0.148. The fourth-order valence-corrected chi connectivity index (χ4v) is 19.5. The van der Waals surface area contributed by atoms with Crippen LogP contribution in [0.1, 0.15) is 146 Å². The number of piperidine rings is 1. The second-order valence-corrected chi connectivity index (χ2v) is 37.9. The molecule has 9 aliphatic heterocycles. The van der Waals surface area contributed by atoms with Crippen LogP contribution in [0.25, 0.3) is 0 Å². The number of piperazine rings is 2. The van der Waals surface area contributed by atoms with Gasteiger partial charge in [0.25, 0.3) is 0 Å². The molecule has 6 N–H and O–H groups in total. The highest BCUT2D eigenvalue weighted by molar-refractivity contribution is 9.09. The first kappa shape index (κ1) is 98.5. The highest BCUT2D eigenvalue weighted by atomic mass is 79.9. The molecule has 128 heavy (non-hydrogen) atoms. The fraction of sp³-hybridized carbons (Fsp3) is 0.465. The number of carboxylic acid groups (broad SMARTS) is 3. The van der Waals surface area contributed by atoms with Gasteiger partial charge >= 0.3 is 53.9 Å². The summed E-state index contributed by atoms with van der Waals surface area (Å²) >= 11 is 26.4. The van der Waals surface area contributed by atoms with E-state index in [-0.39, 0.29) is 139 Å². The highest BCUT2D eigenvalue weighted by Crippen LogP contribution is 2.44. The SMILES string of the molecule is CC(C)(C)N1CC2C(C(=O)O)CCCN2C1=O.CCOC(=O)C1=C(CBr)NC(c2nccs2)=N[C@H]1c1cccc(F)c1Cl.CCOC(=O)C1=C(CN2CCN3C(=O)N(C(C)(C)C)C[C@@H]3[C@H]2C(=O)O)NC(c2nccs2)=N[C@H]1c1cccc(F)c1Cl.CCOC(=O)C1=C(CN2CCN3C(=O)N(C(C)(C)C)C[C@H]3[C@@H]2C(=O)O)NC(c2nccs2)=N[C@H]1c1cccc(F)c1Cl.[CH3-]. The Labute approximate surface area is 774 Å². The molecule has 42 heteroatoms. The zero-order chi connectivity index (χ0) is 92.2. The van der Waals surface area contributed by atoms with Crippen LogP contribution in [-0.2, 0) is 43.0 Å². The zero-order valence-electron chi connectivity index (χ0n) is 72.5. The minimum Gasteiger partial charge on any atom is -0.481 e. The van der Waals surface area contributed by atoms with E-state index in [1.807, 2.05) is 67.7 Å². The Balaban J connectivity index is 0.000000173. The van der Waals surface area contributed by atoms with Gasteiger partial charge in [-0.2, -0.15) is 0 Å². The number of nitrogens with zero attached hydrogens (tertiary/aromatic N) is 14. The Hall–Kier alpha value is -10.1. The fourth-order valence-electron chi connectivity index (χ4n) is 16.6. The number of urea groups is 3. The van der Waals surface area contributed by atoms with Crippen LogP contribution in [0.15, 0.2) is 138 Å². The normalized spacial score (nSPS) is 22.5. The standard InChI is InChI=1S/2C28H32ClFN6O5S.C17H14BrClFN3O2S.C12H20N2O3.CH3/c2*1-5-41-26(39)19-17(13-34-10-11-35-18(22(34)25(37)38)14-36(27(35)40)28(2,3)4)32-23(24-31-9-12-42-24)33-21(19)15-7-6-8-16(30)20(15)29;1-2-25-17(24)12-11(8-18)22-15(16-21-6-7-26-16)23-14(12)9-4-3-5-10(20)13(9)19;1-12(2,3)14-7-9-8(10(15)16)5-4-6-13(9)11(14)17;/h2*6-9,12,18,21-22H,5,10-11,13-14H2,1-4H3,(H,32,33)(H,37,38);3-7,14H,2,8H2,1H3,(H,22,23);8-9H,4-7H2,1-3H3,(H,15,16);1H3/q;;;;-1/t18-,21+,22+;18-,21-,22+;14-;;/m100../s1. The summed E-state index contributed by atoms with van der Waals surface area (Å²) in [5.41, 5.74) is 1.44. The number of aliphatic imine (C=N–C) groups is 3. The number of carbonyl (C=O) groups is 9. The van der Waals surface area contributed by atoms with Crippen molar-refractivity contribution in [3.05, 3.63) is 195 Å². The van der Waals surface area contributed by atoms with E-state index in [4.69, 9.17) is 59.0 Å². The molecule has 0 radical (unpaired) electrons. The summed E-state index contributed by atoms with van der Waals surface area (Å²) in [7, 11) is 0. The van der Waals surface area contributed by atoms with E-state index in [2.05, 4.69) is 51.8 Å². The first-order valence-corrected chi connectivity index (χ1v) is 45.9. The number of aliphatic carboxylic acids is 3. The zero-order valence-corrected chi connectivity index (χ0v) is 78.8. The third-order valence-electron chi connectivity index (χ3n) is 22.6. The molecular weight excluding hydrogens is 1850 g/mol. The van der Waals surface area contributed by atoms with Crippen molar-refractivity contribution in [1.82, 2.24) is 70.1 Å². The molecule has 2 unspecified atom stereocenters. The summed E-state index contributed by atoms with van der Waals surface area (Å²) in [5, 5.41) is 46.5. The van der Waals surface area contributed by atoms with Gasteiger partial charge in [0.1, 0.15) is 47.7 Å². The Morgan fingerprint density at radius 1 is 0.477 bits per heavy atom. The summed E-state index contributed by atoms with van der Waals surface area (Å²) in [5.74, 6) is -5.99. The van der Waals surface area contributed by atoms with Crippen molar-refractivity contribution in [3.8, 4) is 0 Å². The quantitative estimate of drug-likeness (QED) is 0.0179. The smallest absolute Gasteiger partial charge is 0.338 e. The predicted molar refractivity (Wildman–Crippen MR) is 482 cm³/mol. The summed E-state index contributed by atoms with van der Waals surface area (Å²) < 4.78 is 59.2. The Bertz CT molecular complexity index is 5160. The summed E-state index contributed by atoms with van der Waals surface area (Å²) in [4.78, 5) is 155. The minimum atomic E-state index is -1.08. The van der Waals surface area contributed by atoms with Crippen LogP contribution in [0.5, 0.6) is 0 Å². The number of thiazole rings is 3. The van der Waals surface area contributed by atoms with Gasteiger partial charge in [-0.05, 0) is 114 Å². The van der Waals surface area contributed by atoms with Crippen molar-refractivity contribution >= 4 is 156 Å². The number of nitrogens with one attached hydrogen (secondary N) is 3. The number of aromatic nitrogens is 3. The number of ether oxygens (including phenoxy) is 3. The molecule has 3 aromatic carbocycles. The largest absolute Gasteiger partial charge is 0.481 e. The minimum absolute atomic E-state index is 0. The number of fused-ring (bicyclic) bond motifs is 3. The number of hydrogen-bond donors (Lipinski definition) is 6. The van der Waals surface area contributed by atoms with E-state index in [0.717, 1.165) is 6.42 Å². The molecule has 32 nitrogen and oxygen atoms in total. The van der Waals surface area contributed by atoms with Gasteiger partial charge in [-0.3, -0.25) is 39.2 Å². The number of hydrogen-bond acceptors (Lipinski definition) is 26. The molecule has 6 fully saturated rings. The number of carboxylic acids is 3. The van der Waals surface area contributed by atoms with Crippen LogP contribution in [0.3, 0.4) is 0 Å². The maximum Gasteiger partial charge on any atom is 0.338 e. The van der Waals surface area contributed by atoms with E-state index in [1.165, 1.54) is 70.4 Å². The highest BCUT2D eigenvalue weighted by Gasteiger charge is 2.55. The lowest BCUT2D eigenvalue weighted by atomic mass is 9.90. The Morgan fingerprint density at radius 2 is 0.789 bits per heavy atom. The van der Waals surface area contributed by atoms with Gasteiger partial charge in [0, 0.05) is 156 Å². The number of halogens is 7. The molecule has 9 aliphatic rings. The molecule has 0 bridgehead atoms. The monoisotopic (exact) mass is 1950 g/mol. The molecule has 0 saturated carbocycles. The molecule has 688 valence electrons. The van der Waals surface area contributed by atoms with Gasteiger partial charge in [-0.25, -0.2) is 56.9 Å². The average Bonchev–Trinajstić information content (AvgIpc) is 1.47. The molecule has 3 aromatic heterocycles. The number of alkyl halides is 1. The number of amides is 6. The van der Waals surface area contributed by atoms with E-state index in [9.17, 15) is 71.6 Å². The van der Waals surface area contributed by atoms with Gasteiger partial charge in [0.2, 0.25) is 0 Å². The second-order valence-electron chi connectivity index (χ2n) is 33.5. The molecule has 6 aromatic rings. The number of rotatable bonds is 20. The van der Waals surface area contributed by atoms with Gasteiger partial charge < -0.3 is 82.3 Å². The molecule has 0 aliphatic carbocycles. The first-order valence-electron chi connectivity index (χ1n) is 41.0. The molecule has 15 rings (SSSR count). The van der Waals surface area contributed by atoms with Crippen LogP contribution >= 0.6 is 84.7 Å². The molecule has 0 spiro atoms. The first-order chi connectivity index (χ1) is 60.2. The maximum absolute atomic E-state index is 14.6. The van der Waals surface area contributed by atoms with Crippen molar-refractivity contribution < 1.29 is 85.9 Å². The van der Waals surface area contributed by atoms with Crippen molar-refractivity contribution in [2.75, 3.05) is 90.6 Å². The van der Waals surface area contributed by atoms with Gasteiger partial charge in [-0.1, -0.05) is 87.1 Å². The lowest BCUT2D eigenvalue weighted by Gasteiger charge is -2.42. The van der Waals surface area contributed by atoms with E-state index < -0.39 is 113 Å². The van der Waals surface area contributed by atoms with Gasteiger partial charge in [-0.15, -0.1) is 34.0 Å². The summed E-state index contributed by atoms with van der Waals surface area (Å²) in [6.45, 7) is 25.7. The summed E-state index contributed by atoms with van der Waals surface area (Å²) in [6, 6.07) is 6.29. The number of carbonyl (C=O) groups excluding carboxylic acids is 6. The molecule has 6 amide bonds. The predicted octanol–water partition coefficient (Wildman–Crippen LogP) is 13.1. The van der Waals surface area contributed by atoms with Gasteiger partial charge in [0.05, 0.1) is 75.7 Å². The van der Waals surface area contributed by atoms with E-state index in [1.54, 1.807) is 108 Å². The van der Waals surface area contributed by atoms with Crippen molar-refractivity contribution in [1.29, 1.82) is 0 Å². The number of esters is 3. The molecular formula is C86H101BrCl3F3N17O15S3-. The van der Waals surface area contributed by atoms with Gasteiger partial charge in [0.15, 0.2) is 32.5 Å². The van der Waals surface area contributed by atoms with Crippen LogP contribution in [0.4, 0.5) is 27.6 Å². The van der Waals surface area contributed by atoms with Crippen LogP contribution in [-0.4, -0.2) is 278 Å². The number of benzene rings is 3. The van der Waals surface area contributed by atoms with Crippen LogP contribution in [0.2, 0.25) is 15.1 Å². The van der Waals surface area contributed by atoms with Crippen molar-refractivity contribution in [2.45, 2.75) is 161 Å². The molecule has 9 atom stereocenters. The average molecular weight is 1950 g/mol. The third kappa shape index (κ3) is 21.0. The third-order valence-corrected chi connectivity index (χ3v) is 26.7. The van der Waals surface area contributed by atoms with E-state index in [0.29, 0.717) is 93.1 Å². The van der Waals surface area contributed by atoms with Crippen molar-refractivity contribution in [3.63, 3.8) is 0 Å². The summed E-state index contributed by atoms with van der Waals surface area (Å²) in [6.07, 6.45) is 6.35.